The highest BCUT2D eigenvalue weighted by Crippen LogP contribution is 2.43. The van der Waals surface area contributed by atoms with E-state index < -0.39 is 24.4 Å². The van der Waals surface area contributed by atoms with Gasteiger partial charge in [-0.25, -0.2) is 19.0 Å². The standard InChI is InChI=1S/C22H27FN6O3S/c1-2-3-8-33-22-25-20(24-14-9-13(14)11-4-6-12(23)7-5-11)17-21(26-22)29(28-27-17)15-10-16(30)19(32)18(15)31/h4-7,13-16,18-19,30-32H,2-3,8-10H2,1H3,(H,24,25,26)/t13?,14-,15-,16+,18+,19-/m0/s1. The van der Waals surface area contributed by atoms with Gasteiger partial charge in [-0.3, -0.25) is 0 Å². The Bertz CT molecular complexity index is 1130. The summed E-state index contributed by atoms with van der Waals surface area (Å²) >= 11 is 1.54. The molecular weight excluding hydrogens is 447 g/mol. The zero-order chi connectivity index (χ0) is 23.1. The average molecular weight is 475 g/mol. The SMILES string of the molecule is CCCCSc1nc(N[C@H]2CC2c2ccc(F)cc2)c2nnn([C@H]3C[C@@H](O)[C@H](O)[C@@H]3O)c2n1. The Kier molecular flexibility index (Phi) is 6.21. The molecule has 2 aliphatic carbocycles. The number of thioether (sulfide) groups is 1. The second-order valence-corrected chi connectivity index (χ2v) is 9.82. The van der Waals surface area contributed by atoms with Gasteiger partial charge in [0.05, 0.1) is 12.1 Å². The van der Waals surface area contributed by atoms with Crippen LogP contribution in [0.3, 0.4) is 0 Å². The predicted octanol–water partition coefficient (Wildman–Crippen LogP) is 2.25. The van der Waals surface area contributed by atoms with Gasteiger partial charge in [-0.1, -0.05) is 42.5 Å². The molecule has 9 nitrogen and oxygen atoms in total. The van der Waals surface area contributed by atoms with Crippen LogP contribution in [0.1, 0.15) is 50.1 Å². The largest absolute Gasteiger partial charge is 0.390 e. The Morgan fingerprint density at radius 1 is 1.12 bits per heavy atom. The number of hydrogen-bond donors (Lipinski definition) is 4. The van der Waals surface area contributed by atoms with Gasteiger partial charge in [0.25, 0.3) is 0 Å². The Morgan fingerprint density at radius 2 is 1.91 bits per heavy atom. The number of nitrogens with one attached hydrogen (secondary N) is 1. The quantitative estimate of drug-likeness (QED) is 0.221. The summed E-state index contributed by atoms with van der Waals surface area (Å²) in [5.41, 5.74) is 2.00. The van der Waals surface area contributed by atoms with E-state index >= 15 is 0 Å². The number of fused-ring (bicyclic) bond motifs is 1. The molecule has 5 rings (SSSR count). The second kappa shape index (κ2) is 9.13. The number of halogens is 1. The number of hydrogen-bond acceptors (Lipinski definition) is 9. The fourth-order valence-electron chi connectivity index (χ4n) is 4.34. The van der Waals surface area contributed by atoms with Crippen molar-refractivity contribution in [3.05, 3.63) is 35.6 Å². The summed E-state index contributed by atoms with van der Waals surface area (Å²) in [7, 11) is 0. The van der Waals surface area contributed by atoms with Crippen LogP contribution >= 0.6 is 11.8 Å². The zero-order valence-electron chi connectivity index (χ0n) is 18.2. The lowest BCUT2D eigenvalue weighted by molar-refractivity contribution is -0.0253. The summed E-state index contributed by atoms with van der Waals surface area (Å²) < 4.78 is 14.8. The van der Waals surface area contributed by atoms with Crippen molar-refractivity contribution in [1.82, 2.24) is 25.0 Å². The van der Waals surface area contributed by atoms with E-state index in [-0.39, 0.29) is 24.2 Å². The molecule has 0 amide bonds. The van der Waals surface area contributed by atoms with E-state index in [9.17, 15) is 19.7 Å². The first-order valence-electron chi connectivity index (χ1n) is 11.3. The lowest BCUT2D eigenvalue weighted by atomic mass is 10.1. The maximum absolute atomic E-state index is 13.3. The van der Waals surface area contributed by atoms with Gasteiger partial charge >= 0.3 is 0 Å². The van der Waals surface area contributed by atoms with Crippen molar-refractivity contribution in [2.45, 2.75) is 74.1 Å². The molecule has 2 aliphatic rings. The summed E-state index contributed by atoms with van der Waals surface area (Å²) in [5, 5.41) is 42.9. The van der Waals surface area contributed by atoms with Crippen molar-refractivity contribution < 1.29 is 19.7 Å². The molecule has 0 radical (unpaired) electrons. The Labute approximate surface area is 194 Å². The third-order valence-corrected chi connectivity index (χ3v) is 7.31. The summed E-state index contributed by atoms with van der Waals surface area (Å²) in [6.07, 6.45) is -0.310. The molecule has 2 aromatic heterocycles. The van der Waals surface area contributed by atoms with Crippen LogP contribution in [0, 0.1) is 5.82 Å². The van der Waals surface area contributed by atoms with Crippen LogP contribution in [0.4, 0.5) is 10.2 Å². The van der Waals surface area contributed by atoms with Crippen molar-refractivity contribution in [3.8, 4) is 0 Å². The molecule has 0 saturated heterocycles. The molecule has 11 heteroatoms. The topological polar surface area (TPSA) is 129 Å². The maximum Gasteiger partial charge on any atom is 0.191 e. The first kappa shape index (κ1) is 22.5. The van der Waals surface area contributed by atoms with Crippen molar-refractivity contribution in [2.75, 3.05) is 11.1 Å². The Hall–Kier alpha value is -2.34. The van der Waals surface area contributed by atoms with E-state index in [4.69, 9.17) is 0 Å². The molecule has 3 aromatic rings. The second-order valence-electron chi connectivity index (χ2n) is 8.76. The van der Waals surface area contributed by atoms with E-state index in [0.29, 0.717) is 22.1 Å². The van der Waals surface area contributed by atoms with E-state index in [1.807, 2.05) is 0 Å². The third kappa shape index (κ3) is 4.42. The Balaban J connectivity index is 1.44. The summed E-state index contributed by atoms with van der Waals surface area (Å²) in [5.74, 6) is 1.43. The lowest BCUT2D eigenvalue weighted by Crippen LogP contribution is -2.31. The first-order valence-corrected chi connectivity index (χ1v) is 12.3. The average Bonchev–Trinajstić information content (AvgIpc) is 3.36. The number of aliphatic hydroxyl groups excluding tert-OH is 3. The highest BCUT2D eigenvalue weighted by atomic mass is 32.2. The minimum atomic E-state index is -1.24. The van der Waals surface area contributed by atoms with Crippen LogP contribution in [0.25, 0.3) is 11.2 Å². The van der Waals surface area contributed by atoms with Crippen molar-refractivity contribution in [2.24, 2.45) is 0 Å². The molecule has 2 fully saturated rings. The molecule has 2 saturated carbocycles. The fraction of sp³-hybridized carbons (Fsp3) is 0.545. The number of nitrogens with zero attached hydrogens (tertiary/aromatic N) is 5. The highest BCUT2D eigenvalue weighted by molar-refractivity contribution is 7.99. The van der Waals surface area contributed by atoms with E-state index in [0.717, 1.165) is 30.6 Å². The molecule has 0 aliphatic heterocycles. The normalized spacial score (nSPS) is 29.0. The number of aromatic nitrogens is 5. The molecule has 0 spiro atoms. The van der Waals surface area contributed by atoms with Crippen molar-refractivity contribution in [1.29, 1.82) is 0 Å². The smallest absolute Gasteiger partial charge is 0.191 e. The maximum atomic E-state index is 13.3. The number of rotatable bonds is 8. The number of unbranched alkanes of at least 4 members (excludes halogenated alkanes) is 1. The third-order valence-electron chi connectivity index (χ3n) is 6.38. The van der Waals surface area contributed by atoms with Gasteiger partial charge in [-0.05, 0) is 30.5 Å². The van der Waals surface area contributed by atoms with Gasteiger partial charge in [0.1, 0.15) is 18.0 Å². The predicted molar refractivity (Wildman–Crippen MR) is 122 cm³/mol. The van der Waals surface area contributed by atoms with Crippen LogP contribution in [0.15, 0.2) is 29.4 Å². The molecule has 2 heterocycles. The molecular formula is C22H27FN6O3S. The van der Waals surface area contributed by atoms with Gasteiger partial charge < -0.3 is 20.6 Å². The summed E-state index contributed by atoms with van der Waals surface area (Å²) in [6.45, 7) is 2.12. The van der Waals surface area contributed by atoms with Gasteiger partial charge in [0.2, 0.25) is 0 Å². The molecule has 176 valence electrons. The minimum absolute atomic E-state index is 0.132. The minimum Gasteiger partial charge on any atom is -0.390 e. The van der Waals surface area contributed by atoms with Crippen LogP contribution < -0.4 is 5.32 Å². The summed E-state index contributed by atoms with van der Waals surface area (Å²) in [4.78, 5) is 9.33. The molecule has 4 N–H and O–H groups in total. The van der Waals surface area contributed by atoms with Crippen LogP contribution in [-0.4, -0.2) is 70.4 Å². The van der Waals surface area contributed by atoms with Crippen LogP contribution in [0.2, 0.25) is 0 Å². The number of benzene rings is 1. The van der Waals surface area contributed by atoms with Crippen LogP contribution in [0.5, 0.6) is 0 Å². The highest BCUT2D eigenvalue weighted by Gasteiger charge is 2.43. The van der Waals surface area contributed by atoms with Gasteiger partial charge in [-0.2, -0.15) is 0 Å². The molecule has 33 heavy (non-hydrogen) atoms. The molecule has 1 aromatic carbocycles. The van der Waals surface area contributed by atoms with E-state index in [2.05, 4.69) is 32.5 Å². The molecule has 0 bridgehead atoms. The zero-order valence-corrected chi connectivity index (χ0v) is 19.0. The van der Waals surface area contributed by atoms with Crippen molar-refractivity contribution in [3.63, 3.8) is 0 Å². The first-order chi connectivity index (χ1) is 16.0. The molecule has 1 unspecified atom stereocenters. The Morgan fingerprint density at radius 3 is 2.61 bits per heavy atom. The van der Waals surface area contributed by atoms with Crippen LogP contribution in [-0.2, 0) is 0 Å². The van der Waals surface area contributed by atoms with Gasteiger partial charge in [0, 0.05) is 24.1 Å². The van der Waals surface area contributed by atoms with E-state index in [1.165, 1.54) is 16.8 Å². The van der Waals surface area contributed by atoms with Crippen molar-refractivity contribution >= 4 is 28.7 Å². The molecule has 6 atom stereocenters. The fourth-order valence-corrected chi connectivity index (χ4v) is 5.26. The van der Waals surface area contributed by atoms with Gasteiger partial charge in [0.15, 0.2) is 22.1 Å². The number of anilines is 1. The number of aliphatic hydroxyl groups is 3. The van der Waals surface area contributed by atoms with Gasteiger partial charge in [-0.15, -0.1) is 5.10 Å². The lowest BCUT2D eigenvalue weighted by Gasteiger charge is -2.16. The summed E-state index contributed by atoms with van der Waals surface area (Å²) in [6, 6.07) is 6.04. The monoisotopic (exact) mass is 474 g/mol. The van der Waals surface area contributed by atoms with E-state index in [1.54, 1.807) is 23.9 Å².